The van der Waals surface area contributed by atoms with Crippen LogP contribution in [0.4, 0.5) is 0 Å². The standard InChI is InChI=1S/C65H87N5O12S2/c1-34-7-8-36-11-14-46-43(57(76)77)27-64(80)19-18-62(46,48(36)23-34)25-37(44-31-82-58(78)50(44)39-16-21-68-29-39)5-4-6-38-26-65(81)52-47(15-17-63(65,20-22-69-59(66)67)56(38)61(64,3)79)60(2)28-49(73)54(74)45-33-84-83-32-40(35-9-12-41(71)13-10-35)24-42(72)30-70-53(52)55(75)51(45)60/h9-13,16,21,29,34,37-38,40,43-51,54,56-57,68,70-71,73-74,76-77,79-81H,6-8,14-15,17-20,22-28,30-33H2,1-3H3,(H4,66,67,69)/t34-,37+,38+,40-,43-,44-,45-,46+,47+,48+,49+,50+,51+,54-,56-,60-,61-,62-,63+,64-,65-/m1/s1. The van der Waals surface area contributed by atoms with Crippen LogP contribution in [-0.4, -0.2) is 136 Å². The van der Waals surface area contributed by atoms with Gasteiger partial charge in [-0.25, -0.2) is 0 Å². The van der Waals surface area contributed by atoms with Crippen LogP contribution < -0.4 is 16.8 Å². The van der Waals surface area contributed by atoms with Crippen LogP contribution in [0.2, 0.25) is 0 Å². The number of carbonyl (C=O) groups is 3. The lowest BCUT2D eigenvalue weighted by Crippen LogP contribution is -2.68. The number of nitrogens with zero attached hydrogens (tertiary/aromatic N) is 1. The van der Waals surface area contributed by atoms with E-state index in [4.69, 9.17) is 16.2 Å². The summed E-state index contributed by atoms with van der Waals surface area (Å²) in [6.07, 6.45) is 6.58. The van der Waals surface area contributed by atoms with Gasteiger partial charge in [0, 0.05) is 90.1 Å². The number of ether oxygens (including phenoxy) is 1. The van der Waals surface area contributed by atoms with Crippen LogP contribution >= 0.6 is 21.6 Å². The molecule has 5 saturated carbocycles. The number of aromatic hydroxyl groups is 1. The molecule has 17 nitrogen and oxygen atoms in total. The first-order valence-electron chi connectivity index (χ1n) is 31.0. The monoisotopic (exact) mass is 1190 g/mol. The number of hydrogen-bond donors (Lipinski definition) is 12. The van der Waals surface area contributed by atoms with E-state index in [1.807, 2.05) is 19.2 Å². The third-order valence-corrected chi connectivity index (χ3v) is 26.6. The van der Waals surface area contributed by atoms with E-state index in [0.717, 1.165) is 30.4 Å². The van der Waals surface area contributed by atoms with Crippen molar-refractivity contribution in [3.8, 4) is 17.6 Å². The van der Waals surface area contributed by atoms with Gasteiger partial charge in [-0.2, -0.15) is 0 Å². The molecule has 1 aromatic heterocycles. The molecule has 456 valence electrons. The zero-order chi connectivity index (χ0) is 59.5. The highest BCUT2D eigenvalue weighted by atomic mass is 33.1. The van der Waals surface area contributed by atoms with Gasteiger partial charge >= 0.3 is 5.97 Å². The van der Waals surface area contributed by atoms with E-state index in [2.05, 4.69) is 40.1 Å². The van der Waals surface area contributed by atoms with Crippen molar-refractivity contribution in [1.82, 2.24) is 10.3 Å². The normalized spacial score (nSPS) is 44.9. The number of aromatic amines is 1. The van der Waals surface area contributed by atoms with Gasteiger partial charge in [-0.3, -0.25) is 19.4 Å². The number of rotatable bonds is 7. The molecule has 0 unspecified atom stereocenters. The van der Waals surface area contributed by atoms with Gasteiger partial charge in [0.25, 0.3) is 0 Å². The van der Waals surface area contributed by atoms with E-state index >= 15 is 4.79 Å². The van der Waals surface area contributed by atoms with Crippen molar-refractivity contribution >= 4 is 45.1 Å². The first-order chi connectivity index (χ1) is 40.0. The maximum absolute atomic E-state index is 16.1. The summed E-state index contributed by atoms with van der Waals surface area (Å²) in [4.78, 5) is 52.4. The first kappa shape index (κ1) is 59.9. The fourth-order valence-electron chi connectivity index (χ4n) is 20.3. The summed E-state index contributed by atoms with van der Waals surface area (Å²) in [7, 11) is 3.03. The fraction of sp³-hybridized carbons (Fsp3) is 0.692. The number of aliphatic hydroxyl groups excluding tert-OH is 3. The lowest BCUT2D eigenvalue weighted by atomic mass is 9.42. The van der Waals surface area contributed by atoms with Gasteiger partial charge < -0.3 is 67.4 Å². The van der Waals surface area contributed by atoms with Gasteiger partial charge in [-0.05, 0) is 166 Å². The SMILES string of the molecule is C[C@@H]1CCC2=CC[C@H]3[C@H](C(O)O)C[C@]4(O)CC[C@]3(C[C@@H]([C@H]3COC(=O)[C@H]3c3cc[nH]c3)C#CC[C@H]3C[C@@]5(O)C6=C7NCC(=O)C[C@@H](c8ccc(O)cc8)CSSC[C@H]8[C@@H](O)[C@@H](O)C[C@@](C)([C@@H]8C7=O)[C@H]6CC[C@]5(CCN=C(N)N)[C@H]3[C@@]4(C)O)[C@H]2C1. The number of cyclic esters (lactones) is 1. The smallest absolute Gasteiger partial charge is 0.313 e. The Kier molecular flexibility index (Phi) is 15.9. The molecule has 1 aromatic carbocycles. The number of H-pyrrole nitrogens is 1. The van der Waals surface area contributed by atoms with Gasteiger partial charge in [-0.1, -0.05) is 65.1 Å². The Labute approximate surface area is 500 Å². The van der Waals surface area contributed by atoms with Crippen molar-refractivity contribution < 1.29 is 60.0 Å². The minimum Gasteiger partial charge on any atom is -0.508 e. The topological polar surface area (TPSA) is 314 Å². The molecular formula is C65H87N5O12S2. The summed E-state index contributed by atoms with van der Waals surface area (Å²) >= 11 is 0. The largest absolute Gasteiger partial charge is 0.508 e. The van der Waals surface area contributed by atoms with Gasteiger partial charge in [-0.15, -0.1) is 5.92 Å². The number of hydrogen-bond acceptors (Lipinski definition) is 16. The predicted molar refractivity (Wildman–Crippen MR) is 319 cm³/mol. The number of aliphatic hydroxyl groups is 7. The predicted octanol–water partition coefficient (Wildman–Crippen LogP) is 5.71. The van der Waals surface area contributed by atoms with Crippen LogP contribution in [0.3, 0.4) is 0 Å². The maximum atomic E-state index is 16.1. The number of allylic oxidation sites excluding steroid dienone is 3. The second kappa shape index (κ2) is 22.3. The number of fused-ring (bicyclic) bond motifs is 10. The van der Waals surface area contributed by atoms with Crippen LogP contribution in [0.5, 0.6) is 5.75 Å². The molecule has 84 heavy (non-hydrogen) atoms. The molecule has 2 aromatic rings. The van der Waals surface area contributed by atoms with Crippen molar-refractivity contribution in [2.75, 3.05) is 31.2 Å². The van der Waals surface area contributed by atoms with E-state index in [1.165, 1.54) is 16.4 Å². The van der Waals surface area contributed by atoms with Gasteiger partial charge in [0.05, 0.1) is 53.8 Å². The molecule has 3 heterocycles. The molecule has 0 radical (unpaired) electrons. The minimum atomic E-state index is -2.09. The number of ketones is 2. The lowest BCUT2D eigenvalue weighted by Gasteiger charge is -2.64. The molecule has 0 amide bonds. The number of nitrogens with one attached hydrogen (secondary N) is 2. The summed E-state index contributed by atoms with van der Waals surface area (Å²) in [5.41, 5.74) is 6.49. The maximum Gasteiger partial charge on any atom is 0.313 e. The van der Waals surface area contributed by atoms with Gasteiger partial charge in [0.2, 0.25) is 0 Å². The summed E-state index contributed by atoms with van der Waals surface area (Å²) in [5, 5.41) is 105. The van der Waals surface area contributed by atoms with Gasteiger partial charge in [0.15, 0.2) is 23.8 Å². The number of aromatic nitrogens is 1. The van der Waals surface area contributed by atoms with E-state index in [-0.39, 0.29) is 130 Å². The average Bonchev–Trinajstić information content (AvgIpc) is 1.37. The van der Waals surface area contributed by atoms with Crippen LogP contribution in [0, 0.1) is 93.2 Å². The molecule has 14 N–H and O–H groups in total. The number of nitrogens with two attached hydrogens (primary N) is 2. The minimum absolute atomic E-state index is 0.00209. The average molecular weight is 1190 g/mol. The fourth-order valence-corrected chi connectivity index (χ4v) is 23.0. The molecule has 21 atom stereocenters. The van der Waals surface area contributed by atoms with E-state index in [1.54, 1.807) is 48.2 Å². The van der Waals surface area contributed by atoms with Crippen molar-refractivity contribution in [3.05, 3.63) is 76.8 Å². The van der Waals surface area contributed by atoms with E-state index in [9.17, 15) is 50.4 Å². The van der Waals surface area contributed by atoms with Gasteiger partial charge in [0.1, 0.15) is 5.75 Å². The Morgan fingerprint density at radius 1 is 0.929 bits per heavy atom. The van der Waals surface area contributed by atoms with Crippen LogP contribution in [-0.2, 0) is 19.1 Å². The summed E-state index contributed by atoms with van der Waals surface area (Å²) in [6, 6.07) is 8.69. The van der Waals surface area contributed by atoms with Crippen LogP contribution in [0.1, 0.15) is 140 Å². The number of aliphatic imine (C=N–C) groups is 1. The number of carbonyl (C=O) groups excluding carboxylic acids is 3. The third-order valence-electron chi connectivity index (χ3n) is 24.1. The molecule has 4 bridgehead atoms. The molecular weight excluding hydrogens is 1110 g/mol. The highest BCUT2D eigenvalue weighted by Crippen LogP contribution is 2.74. The first-order valence-corrected chi connectivity index (χ1v) is 33.4. The molecule has 19 heteroatoms. The number of phenolic OH excluding ortho intramolecular Hbond substituents is 1. The molecule has 10 aliphatic rings. The zero-order valence-electron chi connectivity index (χ0n) is 48.6. The Balaban J connectivity index is 1.05. The summed E-state index contributed by atoms with van der Waals surface area (Å²) in [6.45, 7) is 5.78. The van der Waals surface area contributed by atoms with Crippen molar-refractivity contribution in [2.45, 2.75) is 164 Å². The quantitative estimate of drug-likeness (QED) is 0.0301. The number of phenols is 1. The van der Waals surface area contributed by atoms with Crippen LogP contribution in [0.15, 0.2) is 70.6 Å². The second-order valence-electron chi connectivity index (χ2n) is 28.1. The lowest BCUT2D eigenvalue weighted by molar-refractivity contribution is -0.235. The Bertz CT molecular complexity index is 3030. The molecule has 1 spiro atoms. The number of esters is 1. The highest BCUT2D eigenvalue weighted by Gasteiger charge is 2.76. The Hall–Kier alpha value is -4.36. The number of benzene rings is 1. The van der Waals surface area contributed by atoms with E-state index in [0.29, 0.717) is 48.7 Å². The number of guanidine groups is 1. The summed E-state index contributed by atoms with van der Waals surface area (Å²) in [5.74, 6) is 0.847. The Morgan fingerprint density at radius 3 is 2.44 bits per heavy atom. The molecule has 7 fully saturated rings. The zero-order valence-corrected chi connectivity index (χ0v) is 50.3. The van der Waals surface area contributed by atoms with Crippen molar-refractivity contribution in [1.29, 1.82) is 0 Å². The summed E-state index contributed by atoms with van der Waals surface area (Å²) < 4.78 is 5.99. The second-order valence-corrected chi connectivity index (χ2v) is 30.7. The van der Waals surface area contributed by atoms with E-state index < -0.39 is 98.9 Å². The molecule has 2 aliphatic heterocycles. The molecule has 12 rings (SSSR count). The highest BCUT2D eigenvalue weighted by molar-refractivity contribution is 8.76. The molecule has 8 aliphatic carbocycles. The third kappa shape index (κ3) is 9.63. The van der Waals surface area contributed by atoms with Crippen molar-refractivity contribution in [2.24, 2.45) is 97.8 Å². The molecule has 2 saturated heterocycles. The number of Topliss-reactive ketones (excluding diaryl/α,β-unsaturated/α-hetero) is 2. The van der Waals surface area contributed by atoms with Crippen molar-refractivity contribution in [3.63, 3.8) is 0 Å². The van der Waals surface area contributed by atoms with Crippen LogP contribution in [0.25, 0.3) is 0 Å². The Morgan fingerprint density at radius 2 is 1.70 bits per heavy atom.